The number of aliphatic hydroxyl groups excluding tert-OH is 3. The lowest BCUT2D eigenvalue weighted by molar-refractivity contribution is -0.580. The molecule has 0 rings (SSSR count). The minimum Gasteiger partial charge on any atom is -0.389 e. The maximum absolute atomic E-state index is 10.0. The largest absolute Gasteiger partial charge is 0.400 e. The van der Waals surface area contributed by atoms with E-state index in [0.717, 1.165) is 6.66 Å². The molecule has 0 aliphatic rings. The Labute approximate surface area is 86.0 Å². The van der Waals surface area contributed by atoms with E-state index in [1.807, 2.05) is 0 Å². The molecule has 0 aromatic carbocycles. The standard InChI is InChI=1S/C4H9NO5.CH6O3P/c6-1-4(2-7,3-8)5(9)10;1-5(2,3)4/h6-8H,1-3H2;2-4H,1H3/q;+1. The zero-order valence-corrected chi connectivity index (χ0v) is 8.91. The Morgan fingerprint density at radius 1 is 1.13 bits per heavy atom. The molecule has 0 aliphatic heterocycles. The zero-order chi connectivity index (χ0) is 12.7. The molecule has 0 atom stereocenters. The highest BCUT2D eigenvalue weighted by molar-refractivity contribution is 7.57. The quantitative estimate of drug-likeness (QED) is 0.178. The minimum absolute atomic E-state index is 0.868. The van der Waals surface area contributed by atoms with Gasteiger partial charge in [0.2, 0.25) is 0 Å². The maximum Gasteiger partial charge on any atom is 0.400 e. The van der Waals surface area contributed by atoms with Gasteiger partial charge in [-0.15, -0.1) is 0 Å². The molecule has 0 saturated heterocycles. The number of hydrogen-bond donors (Lipinski definition) is 6. The van der Waals surface area contributed by atoms with Crippen LogP contribution in [0, 0.1) is 10.1 Å². The summed E-state index contributed by atoms with van der Waals surface area (Å²) in [6.45, 7) is -1.64. The van der Waals surface area contributed by atoms with E-state index in [1.165, 1.54) is 0 Å². The number of rotatable bonds is 4. The van der Waals surface area contributed by atoms with Crippen molar-refractivity contribution >= 4 is 7.94 Å². The predicted octanol–water partition coefficient (Wildman–Crippen LogP) is -2.67. The van der Waals surface area contributed by atoms with Gasteiger partial charge in [0.05, 0.1) is 0 Å². The fraction of sp³-hybridized carbons (Fsp3) is 1.00. The van der Waals surface area contributed by atoms with Gasteiger partial charge in [-0.25, -0.2) is 0 Å². The van der Waals surface area contributed by atoms with Crippen molar-refractivity contribution < 1.29 is 34.9 Å². The Balaban J connectivity index is 0. The molecule has 15 heavy (non-hydrogen) atoms. The topological polar surface area (TPSA) is 165 Å². The first-order valence-corrected chi connectivity index (χ1v) is 5.74. The van der Waals surface area contributed by atoms with Crippen molar-refractivity contribution in [3.8, 4) is 0 Å². The molecule has 92 valence electrons. The van der Waals surface area contributed by atoms with Gasteiger partial charge in [-0.2, -0.15) is 14.7 Å². The second-order valence-electron chi connectivity index (χ2n) is 2.82. The monoisotopic (exact) mass is 248 g/mol. The molecular weight excluding hydrogens is 233 g/mol. The third kappa shape index (κ3) is 8.58. The van der Waals surface area contributed by atoms with Crippen LogP contribution in [0.2, 0.25) is 0 Å². The van der Waals surface area contributed by atoms with E-state index >= 15 is 0 Å². The number of nitro groups is 1. The lowest BCUT2D eigenvalue weighted by Gasteiger charge is -2.16. The Morgan fingerprint density at radius 2 is 1.33 bits per heavy atom. The van der Waals surface area contributed by atoms with Gasteiger partial charge < -0.3 is 15.3 Å². The summed E-state index contributed by atoms with van der Waals surface area (Å²) in [4.78, 5) is 32.4. The number of nitrogens with zero attached hydrogens (tertiary/aromatic N) is 1. The number of aliphatic hydroxyl groups is 3. The van der Waals surface area contributed by atoms with E-state index in [0.29, 0.717) is 0 Å². The van der Waals surface area contributed by atoms with Crippen LogP contribution >= 0.6 is 7.94 Å². The molecule has 0 heterocycles. The summed E-state index contributed by atoms with van der Waals surface area (Å²) in [6.07, 6.45) is 0. The van der Waals surface area contributed by atoms with E-state index in [-0.39, 0.29) is 0 Å². The summed E-state index contributed by atoms with van der Waals surface area (Å²) < 4.78 is 0. The van der Waals surface area contributed by atoms with E-state index in [4.69, 9.17) is 30.0 Å². The molecule has 0 aromatic heterocycles. The summed E-state index contributed by atoms with van der Waals surface area (Å²) in [5.41, 5.74) is -1.99. The fourth-order valence-corrected chi connectivity index (χ4v) is 0.323. The SMILES string of the molecule is C[P+](O)(O)O.O=[N+]([O-])C(CO)(CO)CO. The molecule has 9 nitrogen and oxygen atoms in total. The molecular formula is C5H15NO8P+. The van der Waals surface area contributed by atoms with E-state index in [2.05, 4.69) is 0 Å². The van der Waals surface area contributed by atoms with Crippen molar-refractivity contribution in [2.75, 3.05) is 26.5 Å². The summed E-state index contributed by atoms with van der Waals surface area (Å²) >= 11 is 0. The molecule has 0 unspecified atom stereocenters. The smallest absolute Gasteiger partial charge is 0.389 e. The van der Waals surface area contributed by atoms with Crippen molar-refractivity contribution in [2.45, 2.75) is 5.54 Å². The molecule has 0 aromatic rings. The van der Waals surface area contributed by atoms with Gasteiger partial charge in [-0.05, 0) is 0 Å². The molecule has 0 radical (unpaired) electrons. The van der Waals surface area contributed by atoms with Gasteiger partial charge in [-0.3, -0.25) is 10.1 Å². The van der Waals surface area contributed by atoms with E-state index in [9.17, 15) is 10.1 Å². The van der Waals surface area contributed by atoms with Crippen LogP contribution in [0.3, 0.4) is 0 Å². The van der Waals surface area contributed by atoms with Gasteiger partial charge in [-0.1, -0.05) is 0 Å². The van der Waals surface area contributed by atoms with Crippen LogP contribution in [0.25, 0.3) is 0 Å². The van der Waals surface area contributed by atoms with Crippen LogP contribution in [0.5, 0.6) is 0 Å². The van der Waals surface area contributed by atoms with Gasteiger partial charge >= 0.3 is 7.94 Å². The Kier molecular flexibility index (Phi) is 7.89. The summed E-state index contributed by atoms with van der Waals surface area (Å²) in [6, 6.07) is 0. The first-order valence-electron chi connectivity index (χ1n) is 3.65. The summed E-state index contributed by atoms with van der Waals surface area (Å²) in [5.74, 6) is 0. The van der Waals surface area contributed by atoms with Crippen LogP contribution in [-0.4, -0.2) is 66.9 Å². The first kappa shape index (κ1) is 17.0. The van der Waals surface area contributed by atoms with Crippen LogP contribution in [0.1, 0.15) is 0 Å². The summed E-state index contributed by atoms with van der Waals surface area (Å²) in [7, 11) is -3.39. The third-order valence-corrected chi connectivity index (χ3v) is 1.27. The lowest BCUT2D eigenvalue weighted by Crippen LogP contribution is -2.49. The van der Waals surface area contributed by atoms with Crippen LogP contribution in [0.15, 0.2) is 0 Å². The molecule has 10 heteroatoms. The molecule has 0 amide bonds. The number of hydrogen-bond acceptors (Lipinski definition) is 8. The van der Waals surface area contributed by atoms with Gasteiger partial charge in [0.25, 0.3) is 5.54 Å². The second kappa shape index (κ2) is 6.96. The van der Waals surface area contributed by atoms with Crippen molar-refractivity contribution in [1.29, 1.82) is 0 Å². The van der Waals surface area contributed by atoms with Crippen molar-refractivity contribution in [3.05, 3.63) is 10.1 Å². The molecule has 6 N–H and O–H groups in total. The van der Waals surface area contributed by atoms with E-state index in [1.54, 1.807) is 0 Å². The minimum atomic E-state index is -3.39. The van der Waals surface area contributed by atoms with Crippen LogP contribution < -0.4 is 0 Å². The van der Waals surface area contributed by atoms with Crippen molar-refractivity contribution in [2.24, 2.45) is 0 Å². The fourth-order valence-electron chi connectivity index (χ4n) is 0.323. The Hall–Kier alpha value is -0.410. The van der Waals surface area contributed by atoms with Gasteiger partial charge in [0.1, 0.15) is 26.5 Å². The average Bonchev–Trinajstić information content (AvgIpc) is 2.05. The lowest BCUT2D eigenvalue weighted by atomic mass is 10.1. The average molecular weight is 248 g/mol. The van der Waals surface area contributed by atoms with Crippen LogP contribution in [0.4, 0.5) is 0 Å². The highest BCUT2D eigenvalue weighted by atomic mass is 31.2. The summed E-state index contributed by atoms with van der Waals surface area (Å²) in [5, 5.41) is 35.2. The molecule has 0 spiro atoms. The Morgan fingerprint density at radius 3 is 1.33 bits per heavy atom. The maximum atomic E-state index is 10.0. The van der Waals surface area contributed by atoms with E-state index < -0.39 is 38.2 Å². The molecule has 0 bridgehead atoms. The normalized spacial score (nSPS) is 11.7. The van der Waals surface area contributed by atoms with Crippen LogP contribution in [-0.2, 0) is 0 Å². The Bertz CT molecular complexity index is 174. The zero-order valence-electron chi connectivity index (χ0n) is 8.02. The van der Waals surface area contributed by atoms with Gasteiger partial charge in [0, 0.05) is 4.92 Å². The first-order chi connectivity index (χ1) is 6.63. The van der Waals surface area contributed by atoms with Gasteiger partial charge in [0.15, 0.2) is 0 Å². The third-order valence-electron chi connectivity index (χ3n) is 1.27. The predicted molar refractivity (Wildman–Crippen MR) is 50.5 cm³/mol. The molecule has 0 fully saturated rings. The van der Waals surface area contributed by atoms with Crippen molar-refractivity contribution in [1.82, 2.24) is 0 Å². The molecule has 0 aliphatic carbocycles. The highest BCUT2D eigenvalue weighted by Crippen LogP contribution is 2.38. The highest BCUT2D eigenvalue weighted by Gasteiger charge is 2.41. The van der Waals surface area contributed by atoms with Crippen molar-refractivity contribution in [3.63, 3.8) is 0 Å². The molecule has 0 saturated carbocycles. The second-order valence-corrected chi connectivity index (χ2v) is 4.56.